The van der Waals surface area contributed by atoms with E-state index in [0.29, 0.717) is 11.1 Å². The maximum Gasteiger partial charge on any atom is 0.255 e. The summed E-state index contributed by atoms with van der Waals surface area (Å²) < 4.78 is 0. The predicted molar refractivity (Wildman–Crippen MR) is 123 cm³/mol. The Labute approximate surface area is 199 Å². The number of nitrogens with two attached hydrogens (primary N) is 1. The van der Waals surface area contributed by atoms with Crippen molar-refractivity contribution in [2.75, 3.05) is 0 Å². The SMILES string of the molecule is C[C@H]1c2cc(-c3ccccc3)cc(O)c2C(O)=C2C(=O)[C@]3(O)C(O)=C(C(N)=O)C(=O)C[C@@H]3[C@@H](O)[C@@H]21. The van der Waals surface area contributed by atoms with Crippen LogP contribution in [-0.4, -0.2) is 54.7 Å². The summed E-state index contributed by atoms with van der Waals surface area (Å²) in [6.07, 6.45) is -2.16. The van der Waals surface area contributed by atoms with Gasteiger partial charge in [-0.2, -0.15) is 0 Å². The zero-order valence-corrected chi connectivity index (χ0v) is 18.6. The van der Waals surface area contributed by atoms with Crippen LogP contribution in [0.4, 0.5) is 0 Å². The highest BCUT2D eigenvalue weighted by molar-refractivity contribution is 6.23. The van der Waals surface area contributed by atoms with Gasteiger partial charge in [-0.3, -0.25) is 14.4 Å². The highest BCUT2D eigenvalue weighted by atomic mass is 16.4. The molecule has 2 aromatic rings. The molecule has 0 heterocycles. The number of hydrogen-bond donors (Lipinski definition) is 6. The summed E-state index contributed by atoms with van der Waals surface area (Å²) in [7, 11) is 0. The number of fused-ring (bicyclic) bond motifs is 3. The highest BCUT2D eigenvalue weighted by Gasteiger charge is 2.64. The Morgan fingerprint density at radius 3 is 2.34 bits per heavy atom. The second kappa shape index (κ2) is 7.53. The van der Waals surface area contributed by atoms with E-state index in [4.69, 9.17) is 5.73 Å². The first-order valence-corrected chi connectivity index (χ1v) is 11.1. The number of carbonyl (C=O) groups is 3. The number of phenols is 1. The molecular weight excluding hydrogens is 454 g/mol. The lowest BCUT2D eigenvalue weighted by atomic mass is 9.55. The largest absolute Gasteiger partial charge is 0.508 e. The zero-order chi connectivity index (χ0) is 25.4. The first-order valence-electron chi connectivity index (χ1n) is 11.1. The molecule has 7 N–H and O–H groups in total. The van der Waals surface area contributed by atoms with E-state index in [-0.39, 0.29) is 11.3 Å². The molecule has 0 bridgehead atoms. The third-order valence-corrected chi connectivity index (χ3v) is 7.55. The summed E-state index contributed by atoms with van der Waals surface area (Å²) in [6, 6.07) is 12.4. The van der Waals surface area contributed by atoms with E-state index in [2.05, 4.69) is 0 Å². The number of aromatic hydroxyl groups is 1. The molecule has 3 aliphatic carbocycles. The Morgan fingerprint density at radius 2 is 1.71 bits per heavy atom. The van der Waals surface area contributed by atoms with Gasteiger partial charge in [-0.05, 0) is 34.7 Å². The monoisotopic (exact) mass is 477 g/mol. The van der Waals surface area contributed by atoms with E-state index in [1.54, 1.807) is 13.0 Å². The summed E-state index contributed by atoms with van der Waals surface area (Å²) in [5, 5.41) is 55.2. The van der Waals surface area contributed by atoms with E-state index >= 15 is 0 Å². The number of amides is 1. The fraction of sp³-hybridized carbons (Fsp3) is 0.269. The summed E-state index contributed by atoms with van der Waals surface area (Å²) >= 11 is 0. The number of ketones is 2. The van der Waals surface area contributed by atoms with Crippen LogP contribution in [0.5, 0.6) is 5.75 Å². The second-order valence-corrected chi connectivity index (χ2v) is 9.31. The molecule has 0 radical (unpaired) electrons. The zero-order valence-electron chi connectivity index (χ0n) is 18.6. The van der Waals surface area contributed by atoms with Crippen molar-refractivity contribution in [3.8, 4) is 16.9 Å². The van der Waals surface area contributed by atoms with E-state index < -0.39 is 76.0 Å². The molecule has 2 aromatic carbocycles. The lowest BCUT2D eigenvalue weighted by molar-refractivity contribution is -0.160. The van der Waals surface area contributed by atoms with Crippen LogP contribution in [0.1, 0.15) is 30.4 Å². The Morgan fingerprint density at radius 1 is 1.06 bits per heavy atom. The number of Topliss-reactive ketones (excluding diaryl/α,β-unsaturated/α-hetero) is 2. The predicted octanol–water partition coefficient (Wildman–Crippen LogP) is 1.62. The van der Waals surface area contributed by atoms with E-state index in [9.17, 15) is 39.9 Å². The van der Waals surface area contributed by atoms with Crippen molar-refractivity contribution >= 4 is 23.2 Å². The quantitative estimate of drug-likeness (QED) is 0.353. The normalized spacial score (nSPS) is 30.0. The number of benzene rings is 2. The molecular formula is C26H23NO8. The smallest absolute Gasteiger partial charge is 0.255 e. The van der Waals surface area contributed by atoms with Gasteiger partial charge in [-0.25, -0.2) is 0 Å². The van der Waals surface area contributed by atoms with Crippen LogP contribution in [0.25, 0.3) is 16.9 Å². The van der Waals surface area contributed by atoms with Gasteiger partial charge in [0, 0.05) is 23.8 Å². The van der Waals surface area contributed by atoms with Crippen molar-refractivity contribution in [2.24, 2.45) is 17.6 Å². The molecule has 0 aromatic heterocycles. The first kappa shape index (κ1) is 22.8. The standard InChI is InChI=1S/C26H23NO8/c1-10-13-7-12(11-5-3-2-4-6-11)8-15(28)18(13)22(31)20-17(10)21(30)14-9-16(29)19(25(27)34)23(32)26(14,35)24(20)33/h2-8,10,14,17,21,28,30-32,35H,9H2,1H3,(H2,27,34)/t10-,14+,17+,21+,26+/m0/s1. The van der Waals surface area contributed by atoms with Gasteiger partial charge in [0.2, 0.25) is 5.78 Å². The summed E-state index contributed by atoms with van der Waals surface area (Å²) in [6.45, 7) is 1.69. The molecule has 1 fully saturated rings. The molecule has 0 saturated heterocycles. The molecule has 1 saturated carbocycles. The molecule has 5 atom stereocenters. The molecule has 5 rings (SSSR count). The lowest BCUT2D eigenvalue weighted by Gasteiger charge is -2.50. The van der Waals surface area contributed by atoms with Crippen LogP contribution < -0.4 is 5.73 Å². The third-order valence-electron chi connectivity index (χ3n) is 7.55. The number of hydrogen-bond acceptors (Lipinski definition) is 8. The van der Waals surface area contributed by atoms with Crippen LogP contribution in [-0.2, 0) is 14.4 Å². The van der Waals surface area contributed by atoms with Gasteiger partial charge < -0.3 is 31.3 Å². The third kappa shape index (κ3) is 2.92. The Balaban J connectivity index is 1.74. The number of primary amides is 1. The van der Waals surface area contributed by atoms with Gasteiger partial charge in [0.15, 0.2) is 11.4 Å². The number of carbonyl (C=O) groups excluding carboxylic acids is 3. The average Bonchev–Trinajstić information content (AvgIpc) is 2.81. The Hall–Kier alpha value is -3.95. The number of aliphatic hydroxyl groups is 4. The molecule has 9 nitrogen and oxygen atoms in total. The molecule has 3 aliphatic rings. The van der Waals surface area contributed by atoms with Gasteiger partial charge in [0.05, 0.1) is 11.7 Å². The van der Waals surface area contributed by atoms with Gasteiger partial charge in [0.25, 0.3) is 5.91 Å². The van der Waals surface area contributed by atoms with Crippen LogP contribution in [0.15, 0.2) is 59.4 Å². The second-order valence-electron chi connectivity index (χ2n) is 9.31. The summed E-state index contributed by atoms with van der Waals surface area (Å²) in [4.78, 5) is 37.8. The minimum atomic E-state index is -2.84. The Kier molecular flexibility index (Phi) is 4.91. The van der Waals surface area contributed by atoms with Gasteiger partial charge in [0.1, 0.15) is 22.8 Å². The van der Waals surface area contributed by atoms with Gasteiger partial charge >= 0.3 is 0 Å². The molecule has 35 heavy (non-hydrogen) atoms. The Bertz CT molecular complexity index is 1380. The minimum Gasteiger partial charge on any atom is -0.508 e. The minimum absolute atomic E-state index is 0.0310. The molecule has 0 aliphatic heterocycles. The van der Waals surface area contributed by atoms with Crippen molar-refractivity contribution < 1.29 is 39.9 Å². The lowest BCUT2D eigenvalue weighted by Crippen LogP contribution is -2.63. The van der Waals surface area contributed by atoms with Crippen LogP contribution in [0.2, 0.25) is 0 Å². The molecule has 0 spiro atoms. The topological polar surface area (TPSA) is 178 Å². The first-order chi connectivity index (χ1) is 16.5. The highest BCUT2D eigenvalue weighted by Crippen LogP contribution is 2.56. The van der Waals surface area contributed by atoms with Crippen LogP contribution >= 0.6 is 0 Å². The fourth-order valence-corrected chi connectivity index (χ4v) is 5.83. The van der Waals surface area contributed by atoms with Crippen molar-refractivity contribution in [1.29, 1.82) is 0 Å². The maximum atomic E-state index is 13.6. The maximum absolute atomic E-state index is 13.6. The van der Waals surface area contributed by atoms with E-state index in [1.165, 1.54) is 6.07 Å². The number of phenolic OH excluding ortho intramolecular Hbond substituents is 1. The molecule has 180 valence electrons. The van der Waals surface area contributed by atoms with Crippen LogP contribution in [0.3, 0.4) is 0 Å². The van der Waals surface area contributed by atoms with Crippen molar-refractivity contribution in [1.82, 2.24) is 0 Å². The number of aliphatic hydroxyl groups excluding tert-OH is 3. The van der Waals surface area contributed by atoms with Crippen LogP contribution in [0, 0.1) is 11.8 Å². The van der Waals surface area contributed by atoms with Crippen molar-refractivity contribution in [3.63, 3.8) is 0 Å². The summed E-state index contributed by atoms with van der Waals surface area (Å²) in [5.41, 5.74) is 2.91. The molecule has 1 amide bonds. The molecule has 9 heteroatoms. The van der Waals surface area contributed by atoms with Gasteiger partial charge in [-0.1, -0.05) is 37.3 Å². The fourth-order valence-electron chi connectivity index (χ4n) is 5.83. The number of rotatable bonds is 2. The van der Waals surface area contributed by atoms with Gasteiger partial charge in [-0.15, -0.1) is 0 Å². The molecule has 0 unspecified atom stereocenters. The van der Waals surface area contributed by atoms with Crippen molar-refractivity contribution in [3.05, 3.63) is 70.5 Å². The van der Waals surface area contributed by atoms with Crippen molar-refractivity contribution in [2.45, 2.75) is 31.0 Å². The average molecular weight is 477 g/mol. The van der Waals surface area contributed by atoms with E-state index in [0.717, 1.165) is 5.56 Å². The van der Waals surface area contributed by atoms with E-state index in [1.807, 2.05) is 30.3 Å². The summed E-state index contributed by atoms with van der Waals surface area (Å²) in [5.74, 6) is -8.75.